The molecule has 0 bridgehead atoms. The fourth-order valence-electron chi connectivity index (χ4n) is 3.60. The van der Waals surface area contributed by atoms with E-state index in [0.717, 1.165) is 19.0 Å². The summed E-state index contributed by atoms with van der Waals surface area (Å²) in [4.78, 5) is 18.1. The lowest BCUT2D eigenvalue weighted by atomic mass is 10.2. The van der Waals surface area contributed by atoms with Crippen LogP contribution in [0.2, 0.25) is 0 Å². The van der Waals surface area contributed by atoms with Crippen LogP contribution < -0.4 is 15.0 Å². The van der Waals surface area contributed by atoms with Gasteiger partial charge in [-0.15, -0.1) is 0 Å². The van der Waals surface area contributed by atoms with E-state index in [9.17, 15) is 4.79 Å². The summed E-state index contributed by atoms with van der Waals surface area (Å²) in [5.74, 6) is 1.70. The Hall–Kier alpha value is -2.01. The second-order valence-corrected chi connectivity index (χ2v) is 11.8. The molecule has 0 spiro atoms. The van der Waals surface area contributed by atoms with Crippen LogP contribution in [0, 0.1) is 0 Å². The van der Waals surface area contributed by atoms with Gasteiger partial charge in [0, 0.05) is 24.9 Å². The van der Waals surface area contributed by atoms with Crippen molar-refractivity contribution in [2.45, 2.75) is 33.3 Å². The molecule has 6 nitrogen and oxygen atoms in total. The van der Waals surface area contributed by atoms with Gasteiger partial charge in [-0.2, -0.15) is 9.78 Å². The van der Waals surface area contributed by atoms with E-state index in [1.165, 1.54) is 4.68 Å². The fraction of sp³-hybridized carbons (Fsp3) is 0.222. The van der Waals surface area contributed by atoms with Crippen molar-refractivity contribution in [3.05, 3.63) is 93.7 Å². The highest BCUT2D eigenvalue weighted by atomic mass is 79.9. The molecule has 37 heavy (non-hydrogen) atoms. The topological polar surface area (TPSA) is 65.7 Å². The summed E-state index contributed by atoms with van der Waals surface area (Å²) in [6, 6.07) is 15.2. The van der Waals surface area contributed by atoms with Crippen molar-refractivity contribution in [2.24, 2.45) is 5.10 Å². The largest absolute Gasteiger partial charge is 0.490 e. The van der Waals surface area contributed by atoms with Crippen molar-refractivity contribution < 1.29 is 9.47 Å². The van der Waals surface area contributed by atoms with Gasteiger partial charge in [-0.3, -0.25) is 4.79 Å². The fourth-order valence-corrected chi connectivity index (χ4v) is 5.16. The average Bonchev–Trinajstić information content (AvgIpc) is 2.87. The van der Waals surface area contributed by atoms with Gasteiger partial charge >= 0.3 is 0 Å². The van der Waals surface area contributed by atoms with E-state index in [2.05, 4.69) is 68.8 Å². The Morgan fingerprint density at radius 1 is 0.973 bits per heavy atom. The number of halogens is 4. The molecule has 0 aliphatic carbocycles. The Morgan fingerprint density at radius 2 is 1.68 bits per heavy atom. The molecule has 4 aromatic rings. The molecule has 4 rings (SSSR count). The molecule has 192 valence electrons. The van der Waals surface area contributed by atoms with Crippen LogP contribution in [-0.4, -0.2) is 22.5 Å². The zero-order chi connectivity index (χ0) is 26.7. The van der Waals surface area contributed by atoms with Gasteiger partial charge in [0.15, 0.2) is 11.5 Å². The Balaban J connectivity index is 1.75. The molecule has 0 aliphatic heterocycles. The van der Waals surface area contributed by atoms with Gasteiger partial charge in [-0.25, -0.2) is 4.98 Å². The van der Waals surface area contributed by atoms with Crippen molar-refractivity contribution in [1.82, 2.24) is 9.66 Å². The molecule has 0 fully saturated rings. The standard InChI is InChI=1S/C27H23Br4N3O3/c1-4-36-22-11-17(23(30)24(31)25(22)37-14-16-5-7-18(28)8-6-16)13-32-34-26(15(2)3)33-21-10-9-19(29)12-20(21)27(34)35/h5-13,15H,4,14H2,1-3H3. The summed E-state index contributed by atoms with van der Waals surface area (Å²) in [6.45, 7) is 6.71. The highest BCUT2D eigenvalue weighted by Crippen LogP contribution is 2.43. The van der Waals surface area contributed by atoms with Gasteiger partial charge in [0.05, 0.1) is 28.2 Å². The van der Waals surface area contributed by atoms with Crippen LogP contribution in [-0.2, 0) is 6.61 Å². The quantitative estimate of drug-likeness (QED) is 0.170. The number of benzene rings is 3. The Morgan fingerprint density at radius 3 is 2.35 bits per heavy atom. The van der Waals surface area contributed by atoms with Crippen molar-refractivity contribution in [3.8, 4) is 11.5 Å². The first kappa shape index (κ1) is 28.0. The molecule has 0 unspecified atom stereocenters. The van der Waals surface area contributed by atoms with Crippen molar-refractivity contribution in [3.63, 3.8) is 0 Å². The minimum Gasteiger partial charge on any atom is -0.490 e. The number of nitrogens with zero attached hydrogens (tertiary/aromatic N) is 3. The zero-order valence-electron chi connectivity index (χ0n) is 20.3. The summed E-state index contributed by atoms with van der Waals surface area (Å²) in [5.41, 5.74) is 2.14. The van der Waals surface area contributed by atoms with Crippen LogP contribution >= 0.6 is 63.7 Å². The first-order valence-corrected chi connectivity index (χ1v) is 14.6. The van der Waals surface area contributed by atoms with Gasteiger partial charge in [-0.05, 0) is 80.7 Å². The normalized spacial score (nSPS) is 11.6. The number of fused-ring (bicyclic) bond motifs is 1. The second kappa shape index (κ2) is 12.2. The van der Waals surface area contributed by atoms with Gasteiger partial charge in [-0.1, -0.05) is 57.8 Å². The van der Waals surface area contributed by atoms with E-state index in [-0.39, 0.29) is 11.5 Å². The number of ether oxygens (including phenoxy) is 2. The summed E-state index contributed by atoms with van der Waals surface area (Å²) < 4.78 is 16.6. The summed E-state index contributed by atoms with van der Waals surface area (Å²) in [6.07, 6.45) is 1.62. The monoisotopic (exact) mass is 753 g/mol. The van der Waals surface area contributed by atoms with Gasteiger partial charge in [0.25, 0.3) is 5.56 Å². The number of hydrogen-bond acceptors (Lipinski definition) is 5. The molecular formula is C27H23Br4N3O3. The molecule has 0 radical (unpaired) electrons. The molecule has 1 aromatic heterocycles. The second-order valence-electron chi connectivity index (χ2n) is 8.42. The smallest absolute Gasteiger partial charge is 0.282 e. The molecule has 0 atom stereocenters. The third kappa shape index (κ3) is 6.35. The summed E-state index contributed by atoms with van der Waals surface area (Å²) in [7, 11) is 0. The van der Waals surface area contributed by atoms with Gasteiger partial charge < -0.3 is 9.47 Å². The van der Waals surface area contributed by atoms with E-state index in [1.807, 2.05) is 63.2 Å². The summed E-state index contributed by atoms with van der Waals surface area (Å²) in [5, 5.41) is 5.05. The van der Waals surface area contributed by atoms with E-state index in [1.54, 1.807) is 12.3 Å². The number of rotatable bonds is 8. The molecule has 10 heteroatoms. The van der Waals surface area contributed by atoms with E-state index >= 15 is 0 Å². The summed E-state index contributed by atoms with van der Waals surface area (Å²) >= 11 is 14.2. The van der Waals surface area contributed by atoms with Crippen molar-refractivity contribution in [2.75, 3.05) is 6.61 Å². The molecule has 0 amide bonds. The molecule has 0 aliphatic rings. The molecule has 0 saturated heterocycles. The lowest BCUT2D eigenvalue weighted by Gasteiger charge is -2.17. The zero-order valence-corrected chi connectivity index (χ0v) is 26.6. The minimum atomic E-state index is -0.235. The Kier molecular flexibility index (Phi) is 9.26. The lowest BCUT2D eigenvalue weighted by Crippen LogP contribution is -2.23. The predicted octanol–water partition coefficient (Wildman–Crippen LogP) is 8.43. The third-order valence-corrected chi connectivity index (χ3v) is 8.58. The van der Waals surface area contributed by atoms with Crippen LogP contribution in [0.3, 0.4) is 0 Å². The maximum atomic E-state index is 13.4. The molecule has 0 saturated carbocycles. The Bertz CT molecular complexity index is 1530. The first-order chi connectivity index (χ1) is 17.7. The SMILES string of the molecule is CCOc1cc(C=Nn2c(C(C)C)nc3ccc(Br)cc3c2=O)c(Br)c(Br)c1OCc1ccc(Br)cc1. The van der Waals surface area contributed by atoms with Gasteiger partial charge in [0.2, 0.25) is 0 Å². The third-order valence-electron chi connectivity index (χ3n) is 5.41. The molecule has 3 aromatic carbocycles. The van der Waals surface area contributed by atoms with E-state index < -0.39 is 0 Å². The van der Waals surface area contributed by atoms with Gasteiger partial charge in [0.1, 0.15) is 12.4 Å². The maximum Gasteiger partial charge on any atom is 0.282 e. The predicted molar refractivity (Wildman–Crippen MR) is 162 cm³/mol. The van der Waals surface area contributed by atoms with Crippen molar-refractivity contribution in [1.29, 1.82) is 0 Å². The van der Waals surface area contributed by atoms with Crippen LogP contribution in [0.1, 0.15) is 43.6 Å². The van der Waals surface area contributed by atoms with Crippen LogP contribution in [0.5, 0.6) is 11.5 Å². The highest BCUT2D eigenvalue weighted by molar-refractivity contribution is 9.13. The maximum absolute atomic E-state index is 13.4. The average molecular weight is 757 g/mol. The van der Waals surface area contributed by atoms with Crippen LogP contribution in [0.25, 0.3) is 10.9 Å². The van der Waals surface area contributed by atoms with Crippen LogP contribution in [0.15, 0.2) is 76.3 Å². The van der Waals surface area contributed by atoms with Crippen molar-refractivity contribution >= 4 is 80.8 Å². The lowest BCUT2D eigenvalue weighted by molar-refractivity contribution is 0.267. The Labute approximate surface area is 248 Å². The molecular weight excluding hydrogens is 734 g/mol. The highest BCUT2D eigenvalue weighted by Gasteiger charge is 2.18. The minimum absolute atomic E-state index is 0.0126. The van der Waals surface area contributed by atoms with E-state index in [4.69, 9.17) is 14.5 Å². The molecule has 1 heterocycles. The molecule has 0 N–H and O–H groups in total. The van der Waals surface area contributed by atoms with Crippen LogP contribution in [0.4, 0.5) is 0 Å². The number of aromatic nitrogens is 2. The number of hydrogen-bond donors (Lipinski definition) is 0. The first-order valence-electron chi connectivity index (χ1n) is 11.5. The van der Waals surface area contributed by atoms with E-state index in [0.29, 0.717) is 51.5 Å².